The molecule has 0 aliphatic heterocycles. The molecule has 1 unspecified atom stereocenters. The Balaban J connectivity index is 2.93. The van der Waals surface area contributed by atoms with Crippen LogP contribution in [0.5, 0.6) is 0 Å². The van der Waals surface area contributed by atoms with E-state index in [1.807, 2.05) is 24.1 Å². The smallest absolute Gasteiger partial charge is 0.123 e. The zero-order chi connectivity index (χ0) is 13.8. The molecule has 0 bridgehead atoms. The highest BCUT2D eigenvalue weighted by atomic mass is 16.3. The zero-order valence-electron chi connectivity index (χ0n) is 11.6. The number of aliphatic hydroxyl groups is 1. The van der Waals surface area contributed by atoms with Crippen molar-refractivity contribution in [3.05, 3.63) is 35.4 Å². The van der Waals surface area contributed by atoms with Crippen molar-refractivity contribution in [1.29, 1.82) is 5.26 Å². The first-order valence-corrected chi connectivity index (χ1v) is 6.21. The third kappa shape index (κ3) is 3.56. The van der Waals surface area contributed by atoms with Crippen molar-refractivity contribution in [2.75, 3.05) is 20.2 Å². The van der Waals surface area contributed by atoms with E-state index in [2.05, 4.69) is 39.0 Å². The van der Waals surface area contributed by atoms with Gasteiger partial charge in [0.25, 0.3) is 0 Å². The van der Waals surface area contributed by atoms with Crippen molar-refractivity contribution in [3.8, 4) is 6.07 Å². The van der Waals surface area contributed by atoms with Gasteiger partial charge in [-0.2, -0.15) is 5.26 Å². The van der Waals surface area contributed by atoms with Gasteiger partial charge < -0.3 is 5.11 Å². The number of benzene rings is 1. The summed E-state index contributed by atoms with van der Waals surface area (Å²) < 4.78 is 0. The Morgan fingerprint density at radius 1 is 1.28 bits per heavy atom. The summed E-state index contributed by atoms with van der Waals surface area (Å²) in [4.78, 5) is 1.85. The quantitative estimate of drug-likeness (QED) is 0.887. The Labute approximate surface area is 110 Å². The van der Waals surface area contributed by atoms with E-state index in [4.69, 9.17) is 5.11 Å². The van der Waals surface area contributed by atoms with Crippen LogP contribution in [0.25, 0.3) is 0 Å². The van der Waals surface area contributed by atoms with E-state index in [1.54, 1.807) is 0 Å². The van der Waals surface area contributed by atoms with Gasteiger partial charge in [0.2, 0.25) is 0 Å². The molecule has 1 N–H and O–H groups in total. The van der Waals surface area contributed by atoms with E-state index in [9.17, 15) is 5.26 Å². The molecule has 98 valence electrons. The van der Waals surface area contributed by atoms with Crippen LogP contribution in [0.3, 0.4) is 0 Å². The molecule has 0 fully saturated rings. The molecular weight excluding hydrogens is 224 g/mol. The second-order valence-electron chi connectivity index (χ2n) is 5.61. The van der Waals surface area contributed by atoms with E-state index in [-0.39, 0.29) is 18.1 Å². The molecule has 1 aromatic carbocycles. The first kappa shape index (κ1) is 14.7. The second-order valence-corrected chi connectivity index (χ2v) is 5.61. The molecule has 3 nitrogen and oxygen atoms in total. The number of likely N-dealkylation sites (N-methyl/N-ethyl adjacent to an activating group) is 1. The lowest BCUT2D eigenvalue weighted by molar-refractivity contribution is 0.203. The summed E-state index contributed by atoms with van der Waals surface area (Å²) in [5.41, 5.74) is 2.35. The van der Waals surface area contributed by atoms with Crippen molar-refractivity contribution in [2.24, 2.45) is 0 Å². The Morgan fingerprint density at radius 2 is 1.83 bits per heavy atom. The number of nitriles is 1. The lowest BCUT2D eigenvalue weighted by atomic mass is 9.86. The number of nitrogens with zero attached hydrogens (tertiary/aromatic N) is 2. The number of rotatable bonds is 4. The van der Waals surface area contributed by atoms with E-state index in [0.717, 1.165) is 5.56 Å². The molecule has 0 saturated heterocycles. The maximum Gasteiger partial charge on any atom is 0.123 e. The van der Waals surface area contributed by atoms with Gasteiger partial charge in [-0.3, -0.25) is 4.90 Å². The van der Waals surface area contributed by atoms with Crippen LogP contribution >= 0.6 is 0 Å². The second kappa shape index (κ2) is 5.99. The molecule has 1 aromatic rings. The van der Waals surface area contributed by atoms with Gasteiger partial charge >= 0.3 is 0 Å². The zero-order valence-corrected chi connectivity index (χ0v) is 11.6. The van der Waals surface area contributed by atoms with E-state index in [0.29, 0.717) is 6.54 Å². The van der Waals surface area contributed by atoms with Crippen LogP contribution in [0.1, 0.15) is 37.9 Å². The Hall–Kier alpha value is -1.37. The number of aliphatic hydroxyl groups excluding tert-OH is 1. The monoisotopic (exact) mass is 246 g/mol. The molecule has 3 heteroatoms. The fourth-order valence-corrected chi connectivity index (χ4v) is 1.88. The normalized spacial score (nSPS) is 13.4. The van der Waals surface area contributed by atoms with E-state index in [1.165, 1.54) is 5.56 Å². The molecule has 1 rings (SSSR count). The van der Waals surface area contributed by atoms with Gasteiger partial charge in [0.1, 0.15) is 6.04 Å². The maximum atomic E-state index is 9.23. The highest BCUT2D eigenvalue weighted by Gasteiger charge is 2.18. The summed E-state index contributed by atoms with van der Waals surface area (Å²) in [5, 5.41) is 18.2. The van der Waals surface area contributed by atoms with Crippen LogP contribution in [-0.4, -0.2) is 30.2 Å². The van der Waals surface area contributed by atoms with Gasteiger partial charge in [-0.1, -0.05) is 45.0 Å². The predicted molar refractivity (Wildman–Crippen MR) is 73.2 cm³/mol. The molecule has 0 aliphatic rings. The van der Waals surface area contributed by atoms with Crippen LogP contribution in [0.15, 0.2) is 24.3 Å². The molecule has 1 atom stereocenters. The number of hydrogen-bond acceptors (Lipinski definition) is 3. The minimum atomic E-state index is -0.300. The van der Waals surface area contributed by atoms with Crippen molar-refractivity contribution >= 4 is 0 Å². The average Bonchev–Trinajstić information content (AvgIpc) is 2.30. The summed E-state index contributed by atoms with van der Waals surface area (Å²) >= 11 is 0. The van der Waals surface area contributed by atoms with Gasteiger partial charge in [-0.25, -0.2) is 0 Å². The van der Waals surface area contributed by atoms with E-state index < -0.39 is 0 Å². The maximum absolute atomic E-state index is 9.23. The lowest BCUT2D eigenvalue weighted by Gasteiger charge is -2.23. The van der Waals surface area contributed by atoms with Crippen LogP contribution in [0, 0.1) is 11.3 Å². The molecule has 0 saturated carbocycles. The molecule has 0 aromatic heterocycles. The minimum absolute atomic E-state index is 0.0642. The fourth-order valence-electron chi connectivity index (χ4n) is 1.88. The van der Waals surface area contributed by atoms with Gasteiger partial charge in [0.05, 0.1) is 12.7 Å². The minimum Gasteiger partial charge on any atom is -0.395 e. The van der Waals surface area contributed by atoms with Crippen molar-refractivity contribution in [1.82, 2.24) is 4.90 Å². The topological polar surface area (TPSA) is 47.3 Å². The molecule has 18 heavy (non-hydrogen) atoms. The highest BCUT2D eigenvalue weighted by Crippen LogP contribution is 2.25. The third-order valence-corrected chi connectivity index (χ3v) is 3.11. The van der Waals surface area contributed by atoms with Crippen molar-refractivity contribution in [2.45, 2.75) is 32.2 Å². The Bertz CT molecular complexity index is 412. The van der Waals surface area contributed by atoms with Gasteiger partial charge in [-0.15, -0.1) is 0 Å². The van der Waals surface area contributed by atoms with Crippen LogP contribution in [-0.2, 0) is 5.41 Å². The van der Waals surface area contributed by atoms with Gasteiger partial charge in [0, 0.05) is 6.54 Å². The molecule has 0 spiro atoms. The van der Waals surface area contributed by atoms with Gasteiger partial charge in [-0.05, 0) is 23.6 Å². The van der Waals surface area contributed by atoms with Crippen LogP contribution < -0.4 is 0 Å². The third-order valence-electron chi connectivity index (χ3n) is 3.11. The molecule has 0 heterocycles. The van der Waals surface area contributed by atoms with Crippen LogP contribution in [0.4, 0.5) is 0 Å². The van der Waals surface area contributed by atoms with Crippen molar-refractivity contribution in [3.63, 3.8) is 0 Å². The largest absolute Gasteiger partial charge is 0.395 e. The standard InChI is InChI=1S/C15H22N2O/c1-15(2,3)13-7-5-12(6-8-13)14(11-16)17(4)9-10-18/h5-8,14,18H,9-10H2,1-4H3. The molecule has 0 amide bonds. The summed E-state index contributed by atoms with van der Waals surface area (Å²) in [7, 11) is 1.85. The molecule has 0 radical (unpaired) electrons. The molecule has 0 aliphatic carbocycles. The van der Waals surface area contributed by atoms with Gasteiger partial charge in [0.15, 0.2) is 0 Å². The van der Waals surface area contributed by atoms with Crippen LogP contribution in [0.2, 0.25) is 0 Å². The first-order chi connectivity index (χ1) is 8.40. The summed E-state index contributed by atoms with van der Waals surface area (Å²) in [6.45, 7) is 7.07. The summed E-state index contributed by atoms with van der Waals surface area (Å²) in [6.07, 6.45) is 0. The highest BCUT2D eigenvalue weighted by molar-refractivity contribution is 5.31. The van der Waals surface area contributed by atoms with Crippen molar-refractivity contribution < 1.29 is 5.11 Å². The average molecular weight is 246 g/mol. The fraction of sp³-hybridized carbons (Fsp3) is 0.533. The molecular formula is C15H22N2O. The number of hydrogen-bond donors (Lipinski definition) is 1. The summed E-state index contributed by atoms with van der Waals surface area (Å²) in [6, 6.07) is 10.1. The van der Waals surface area contributed by atoms with E-state index >= 15 is 0 Å². The predicted octanol–water partition coefficient (Wildman–Crippen LogP) is 2.47. The first-order valence-electron chi connectivity index (χ1n) is 6.21. The lowest BCUT2D eigenvalue weighted by Crippen LogP contribution is -2.26. The Morgan fingerprint density at radius 3 is 2.22 bits per heavy atom. The Kier molecular flexibility index (Phi) is 4.89. The summed E-state index contributed by atoms with van der Waals surface area (Å²) in [5.74, 6) is 0. The SMILES string of the molecule is CN(CCO)C(C#N)c1ccc(C(C)(C)C)cc1.